The van der Waals surface area contributed by atoms with Crippen LogP contribution >= 0.6 is 86.1 Å². The Hall–Kier alpha value is -3.18. The van der Waals surface area contributed by atoms with Crippen molar-refractivity contribution in [2.24, 2.45) is 0 Å². The Kier molecular flexibility index (Phi) is 27.8. The summed E-state index contributed by atoms with van der Waals surface area (Å²) in [6.45, 7) is 18.3. The summed E-state index contributed by atoms with van der Waals surface area (Å²) in [7, 11) is 0. The van der Waals surface area contributed by atoms with E-state index in [4.69, 9.17) is 21.1 Å². The van der Waals surface area contributed by atoms with Crippen molar-refractivity contribution in [3.8, 4) is 22.3 Å². The summed E-state index contributed by atoms with van der Waals surface area (Å²) >= 11 is 15.6. The summed E-state index contributed by atoms with van der Waals surface area (Å²) in [6.07, 6.45) is -24.2. The molecule has 4 atom stereocenters. The van der Waals surface area contributed by atoms with E-state index in [9.17, 15) is 71.1 Å². The van der Waals surface area contributed by atoms with Crippen LogP contribution < -0.4 is 18.6 Å². The maximum atomic E-state index is 14.6. The fourth-order valence-electron chi connectivity index (χ4n) is 9.56. The fraction of sp³-hybridized carbons (Fsp3) is 0.367. The fourth-order valence-corrected chi connectivity index (χ4v) is 9.78. The van der Waals surface area contributed by atoms with Crippen LogP contribution in [0.25, 0.3) is 22.3 Å². The number of alkyl halides is 13. The van der Waals surface area contributed by atoms with E-state index < -0.39 is 89.0 Å². The molecule has 2 saturated heterocycles. The van der Waals surface area contributed by atoms with E-state index in [0.29, 0.717) is 60.1 Å². The molecule has 86 heavy (non-hydrogen) atoms. The molecule has 472 valence electrons. The molecule has 2 amide bonds. The van der Waals surface area contributed by atoms with Crippen molar-refractivity contribution in [2.75, 3.05) is 0 Å². The number of carbonyl (C=O) groups excluding carboxylic acids is 2. The van der Waals surface area contributed by atoms with Gasteiger partial charge in [0.25, 0.3) is 0 Å². The first kappa shape index (κ1) is 75.3. The molecule has 2 aliphatic rings. The van der Waals surface area contributed by atoms with E-state index in [1.54, 1.807) is 19.1 Å². The van der Waals surface area contributed by atoms with Crippen molar-refractivity contribution in [1.82, 2.24) is 10.2 Å². The third-order valence-corrected chi connectivity index (χ3v) is 14.1. The van der Waals surface area contributed by atoms with Crippen LogP contribution in [0, 0.1) is 39.3 Å². The predicted octanol–water partition coefficient (Wildman–Crippen LogP) is 19.8. The van der Waals surface area contributed by atoms with Crippen LogP contribution in [-0.4, -0.2) is 29.2 Å². The summed E-state index contributed by atoms with van der Waals surface area (Å²) in [5, 5.41) is 2.26. The molecule has 0 saturated carbocycles. The number of halogens is 20. The van der Waals surface area contributed by atoms with Crippen LogP contribution in [0.1, 0.15) is 143 Å². The van der Waals surface area contributed by atoms with Gasteiger partial charge in [-0.15, -0.1) is 11.6 Å². The molecule has 26 heteroatoms. The quantitative estimate of drug-likeness (QED) is 0.0890. The summed E-state index contributed by atoms with van der Waals surface area (Å²) in [5.74, 6) is 0.0886. The van der Waals surface area contributed by atoms with E-state index in [0.717, 1.165) is 44.5 Å². The number of cyclic esters (lactones) is 2. The van der Waals surface area contributed by atoms with Crippen LogP contribution in [0.15, 0.2) is 97.1 Å². The maximum absolute atomic E-state index is 14.6. The number of hydrogen-bond donors (Lipinski definition) is 1. The zero-order valence-corrected chi connectivity index (χ0v) is 58.8. The van der Waals surface area contributed by atoms with Crippen LogP contribution in [-0.2, 0) is 46.6 Å². The topological polar surface area (TPSA) is 67.9 Å². The van der Waals surface area contributed by atoms with Gasteiger partial charge < -0.3 is 14.8 Å². The van der Waals surface area contributed by atoms with Gasteiger partial charge in [-0.2, -0.15) is 52.7 Å². The van der Waals surface area contributed by atoms with Gasteiger partial charge in [0.15, 0.2) is 0 Å². The van der Waals surface area contributed by atoms with E-state index in [2.05, 4.69) is 105 Å². The summed E-state index contributed by atoms with van der Waals surface area (Å²) < 4.78 is 195. The molecule has 0 aromatic heterocycles. The third kappa shape index (κ3) is 19.9. The molecular formula is C60H57ClF14I5N2O4-. The molecule has 2 fully saturated rings. The van der Waals surface area contributed by atoms with Gasteiger partial charge in [-0.05, 0) is 181 Å². The van der Waals surface area contributed by atoms with Crippen molar-refractivity contribution in [3.63, 3.8) is 0 Å². The Balaban J connectivity index is 0.000000290. The zero-order chi connectivity index (χ0) is 65.3. The Bertz CT molecular complexity index is 3280. The van der Waals surface area contributed by atoms with Gasteiger partial charge in [-0.25, -0.2) is 18.4 Å². The number of rotatable bonds is 9. The molecule has 6 aromatic rings. The van der Waals surface area contributed by atoms with Gasteiger partial charge in [0.1, 0.15) is 23.8 Å². The average Bonchev–Trinajstić information content (AvgIpc) is 3.70. The van der Waals surface area contributed by atoms with Crippen molar-refractivity contribution >= 4 is 98.3 Å². The van der Waals surface area contributed by atoms with Crippen LogP contribution in [0.5, 0.6) is 0 Å². The van der Waals surface area contributed by atoms with Crippen molar-refractivity contribution < 1.29 is 93.8 Å². The molecule has 6 nitrogen and oxygen atoms in total. The van der Waals surface area contributed by atoms with Crippen LogP contribution in [0.3, 0.4) is 0 Å². The Labute approximate surface area is 548 Å². The number of alkyl carbamates (subject to hydrolysis) is 1. The molecule has 2 heterocycles. The van der Waals surface area contributed by atoms with Gasteiger partial charge in [-0.1, -0.05) is 75.2 Å². The first-order chi connectivity index (χ1) is 39.8. The third-order valence-electron chi connectivity index (χ3n) is 13.8. The number of amides is 2. The predicted molar refractivity (Wildman–Crippen MR) is 335 cm³/mol. The van der Waals surface area contributed by atoms with Crippen molar-refractivity contribution in [1.29, 1.82) is 0 Å². The van der Waals surface area contributed by atoms with E-state index in [1.165, 1.54) is 30.4 Å². The van der Waals surface area contributed by atoms with Crippen molar-refractivity contribution in [2.45, 2.75) is 142 Å². The number of nitrogens with one attached hydrogen (secondary N) is 1. The van der Waals surface area contributed by atoms with E-state index in [-0.39, 0.29) is 47.7 Å². The SMILES string of the molecule is C[C@@H]1NC(=O)O[C@@H]1c1cc(C(F)(F)F)cc(C(F)(F)F)c1.Cc1ccc(-c2cc(C(C)C)c(F)cc2C)c(CCl)c1.Cc1ccc(-c2cc(C(C)C)c(F)cc2C)c(CN2C(=O)O[C@H](c3cc(C(F)(F)F)cc(C(F)(F)F)c3)[C@@H]2C)c1.II.I[I-]I. The van der Waals surface area contributed by atoms with E-state index >= 15 is 0 Å². The molecule has 0 aliphatic carbocycles. The summed E-state index contributed by atoms with van der Waals surface area (Å²) in [6, 6.07) is 19.3. The van der Waals surface area contributed by atoms with Gasteiger partial charge >= 0.3 is 87.4 Å². The molecule has 2 aliphatic heterocycles. The van der Waals surface area contributed by atoms with Crippen LogP contribution in [0.2, 0.25) is 0 Å². The van der Waals surface area contributed by atoms with Crippen molar-refractivity contribution in [3.05, 3.63) is 187 Å². The molecule has 8 rings (SSSR count). The minimum atomic E-state index is -5.03. The molecule has 0 radical (unpaired) electrons. The summed E-state index contributed by atoms with van der Waals surface area (Å²) in [4.78, 5) is 25.2. The second-order valence-electron chi connectivity index (χ2n) is 20.8. The Morgan fingerprint density at radius 3 is 1.24 bits per heavy atom. The first-order valence-electron chi connectivity index (χ1n) is 25.7. The number of ether oxygens (including phenoxy) is 2. The molecular weight excluding hydrogens is 1750 g/mol. The molecule has 6 aromatic carbocycles. The average molecular weight is 1810 g/mol. The van der Waals surface area contributed by atoms with Gasteiger partial charge in [0, 0.05) is 43.1 Å². The number of hydrogen-bond acceptors (Lipinski definition) is 4. The molecule has 1 N–H and O–H groups in total. The molecule has 0 spiro atoms. The second kappa shape index (κ2) is 31.7. The number of carbonyl (C=O) groups is 2. The Morgan fingerprint density at radius 1 is 0.547 bits per heavy atom. The normalized spacial score (nSPS) is 16.9. The first-order valence-corrected chi connectivity index (χ1v) is 45.1. The van der Waals surface area contributed by atoms with Crippen LogP contribution in [0.4, 0.5) is 71.1 Å². The number of benzene rings is 6. The Morgan fingerprint density at radius 2 is 0.907 bits per heavy atom. The molecule has 0 unspecified atom stereocenters. The molecule has 0 bridgehead atoms. The zero-order valence-electron chi connectivity index (χ0n) is 47.3. The number of nitrogens with zero attached hydrogens (tertiary/aromatic N) is 1. The standard InChI is InChI=1S/C30H28F7NO2.C18H20ClF.C12H9F6NO2.I3.I2/c1-15(2)24-13-25(17(4)9-26(24)31)23-7-6-16(3)8-20(23)14-38-18(5)27(40-28(38)39)19-10-21(29(32,33)34)12-22(11-19)30(35,36)37;1-11(2)16-9-17(13(4)8-18(16)20)15-6-5-12(3)7-14(15)10-19;1-5-9(21-10(20)19-5)6-2-7(11(13,14)15)4-8(3-6)12(16,17)18;1-3-2;1-2/h6-13,15,18,27H,14H2,1-5H3;5-9,11H,10H2,1-4H3;2-5,9H,1H3,(H,19,20);;/q;;;-1;/t18-,27-;;5-,9-;;/m0.0../s1. The summed E-state index contributed by atoms with van der Waals surface area (Å²) in [5.41, 5.74) is 3.78. The second-order valence-corrected chi connectivity index (χ2v) is 37.3. The van der Waals surface area contributed by atoms with E-state index in [1.807, 2.05) is 65.8 Å². The minimum absolute atomic E-state index is 0.0214. The van der Waals surface area contributed by atoms with Gasteiger partial charge in [0.2, 0.25) is 0 Å². The van der Waals surface area contributed by atoms with Gasteiger partial charge in [0.05, 0.1) is 40.9 Å². The van der Waals surface area contributed by atoms with Gasteiger partial charge in [-0.3, -0.25) is 4.90 Å². The monoisotopic (exact) mass is 1800 g/mol. The number of aryl methyl sites for hydroxylation is 4.